The fourth-order valence-electron chi connectivity index (χ4n) is 3.62. The van der Waals surface area contributed by atoms with Crippen LogP contribution in [0.3, 0.4) is 0 Å². The second-order valence-electron chi connectivity index (χ2n) is 6.89. The second kappa shape index (κ2) is 8.06. The van der Waals surface area contributed by atoms with Crippen molar-refractivity contribution in [1.82, 2.24) is 19.9 Å². The van der Waals surface area contributed by atoms with E-state index in [1.807, 2.05) is 34.7 Å². The molecule has 0 bridgehead atoms. The Morgan fingerprint density at radius 3 is 3.00 bits per heavy atom. The number of halogens is 1. The standard InChI is InChI=1S/C20H22ClN5O2/c1-28-17-7-3-2-5-14(17)11-22-19(27)15-6-4-10-25(12-15)20-24-23-18-9-8-16(21)13-26(18)20/h2-3,5,7-9,13,15H,4,6,10-12H2,1H3,(H,22,27). The molecule has 1 unspecified atom stereocenters. The van der Waals surface area contributed by atoms with Gasteiger partial charge in [-0.05, 0) is 31.0 Å². The lowest BCUT2D eigenvalue weighted by atomic mass is 9.97. The number of amides is 1. The number of aromatic nitrogens is 3. The molecule has 146 valence electrons. The Balaban J connectivity index is 1.44. The zero-order valence-electron chi connectivity index (χ0n) is 15.6. The van der Waals surface area contributed by atoms with Gasteiger partial charge in [0.05, 0.1) is 18.1 Å². The normalized spacial score (nSPS) is 16.9. The van der Waals surface area contributed by atoms with Gasteiger partial charge in [-0.3, -0.25) is 9.20 Å². The van der Waals surface area contributed by atoms with Crippen molar-refractivity contribution in [2.45, 2.75) is 19.4 Å². The van der Waals surface area contributed by atoms with Gasteiger partial charge in [0.2, 0.25) is 11.9 Å². The molecule has 1 atom stereocenters. The third-order valence-electron chi connectivity index (χ3n) is 5.07. The van der Waals surface area contributed by atoms with Gasteiger partial charge in [0.1, 0.15) is 5.75 Å². The van der Waals surface area contributed by atoms with Gasteiger partial charge < -0.3 is 15.0 Å². The molecule has 0 aliphatic carbocycles. The molecule has 3 aromatic rings. The van der Waals surface area contributed by atoms with Crippen molar-refractivity contribution in [1.29, 1.82) is 0 Å². The Kier molecular flexibility index (Phi) is 5.34. The first-order valence-corrected chi connectivity index (χ1v) is 9.68. The lowest BCUT2D eigenvalue weighted by molar-refractivity contribution is -0.125. The van der Waals surface area contributed by atoms with Crippen molar-refractivity contribution in [3.05, 3.63) is 53.2 Å². The van der Waals surface area contributed by atoms with Crippen LogP contribution in [0.1, 0.15) is 18.4 Å². The molecule has 1 saturated heterocycles. The molecule has 3 heterocycles. The predicted molar refractivity (Wildman–Crippen MR) is 108 cm³/mol. The molecule has 1 aromatic carbocycles. The maximum atomic E-state index is 12.8. The summed E-state index contributed by atoms with van der Waals surface area (Å²) in [6.07, 6.45) is 3.57. The van der Waals surface area contributed by atoms with Crippen LogP contribution in [-0.4, -0.2) is 40.7 Å². The summed E-state index contributed by atoms with van der Waals surface area (Å²) in [5.41, 5.74) is 1.70. The van der Waals surface area contributed by atoms with Gasteiger partial charge in [-0.15, -0.1) is 10.2 Å². The maximum Gasteiger partial charge on any atom is 0.231 e. The molecule has 1 amide bonds. The van der Waals surface area contributed by atoms with E-state index in [2.05, 4.69) is 20.4 Å². The van der Waals surface area contributed by atoms with E-state index in [-0.39, 0.29) is 11.8 Å². The summed E-state index contributed by atoms with van der Waals surface area (Å²) in [6.45, 7) is 1.89. The molecule has 0 spiro atoms. The highest BCUT2D eigenvalue weighted by Gasteiger charge is 2.28. The molecule has 0 radical (unpaired) electrons. The summed E-state index contributed by atoms with van der Waals surface area (Å²) >= 11 is 6.12. The van der Waals surface area contributed by atoms with Crippen LogP contribution in [0.5, 0.6) is 5.75 Å². The highest BCUT2D eigenvalue weighted by atomic mass is 35.5. The molecule has 0 saturated carbocycles. The SMILES string of the molecule is COc1ccccc1CNC(=O)C1CCCN(c2nnc3ccc(Cl)cn23)C1. The topological polar surface area (TPSA) is 71.8 Å². The van der Waals surface area contributed by atoms with E-state index in [0.717, 1.165) is 42.3 Å². The Hall–Kier alpha value is -2.80. The number of ether oxygens (including phenoxy) is 1. The van der Waals surface area contributed by atoms with Crippen molar-refractivity contribution in [2.75, 3.05) is 25.1 Å². The van der Waals surface area contributed by atoms with Crippen molar-refractivity contribution in [3.63, 3.8) is 0 Å². The number of carbonyl (C=O) groups is 1. The Labute approximate surface area is 168 Å². The number of nitrogens with zero attached hydrogens (tertiary/aromatic N) is 4. The lowest BCUT2D eigenvalue weighted by Crippen LogP contribution is -2.43. The zero-order valence-corrected chi connectivity index (χ0v) is 16.4. The first-order valence-electron chi connectivity index (χ1n) is 9.30. The number of hydrogen-bond donors (Lipinski definition) is 1. The number of hydrogen-bond acceptors (Lipinski definition) is 5. The van der Waals surface area contributed by atoms with E-state index in [1.54, 1.807) is 19.4 Å². The van der Waals surface area contributed by atoms with Crippen LogP contribution in [0.2, 0.25) is 5.02 Å². The molecule has 8 heteroatoms. The minimum Gasteiger partial charge on any atom is -0.496 e. The first-order chi connectivity index (χ1) is 13.7. The third-order valence-corrected chi connectivity index (χ3v) is 5.29. The molecule has 1 fully saturated rings. The zero-order chi connectivity index (χ0) is 19.5. The number of carbonyl (C=O) groups excluding carboxylic acids is 1. The van der Waals surface area contributed by atoms with Crippen molar-refractivity contribution in [3.8, 4) is 5.75 Å². The summed E-state index contributed by atoms with van der Waals surface area (Å²) in [6, 6.07) is 11.3. The molecule has 4 rings (SSSR count). The number of benzene rings is 1. The van der Waals surface area contributed by atoms with E-state index in [1.165, 1.54) is 0 Å². The Morgan fingerprint density at radius 2 is 2.14 bits per heavy atom. The molecule has 1 aliphatic rings. The van der Waals surface area contributed by atoms with Gasteiger partial charge in [0, 0.05) is 31.4 Å². The van der Waals surface area contributed by atoms with Crippen molar-refractivity contribution in [2.24, 2.45) is 5.92 Å². The van der Waals surface area contributed by atoms with E-state index in [0.29, 0.717) is 18.1 Å². The number of pyridine rings is 1. The summed E-state index contributed by atoms with van der Waals surface area (Å²) in [5.74, 6) is 1.44. The molecule has 28 heavy (non-hydrogen) atoms. The van der Waals surface area contributed by atoms with E-state index in [4.69, 9.17) is 16.3 Å². The van der Waals surface area contributed by atoms with Crippen LogP contribution in [0, 0.1) is 5.92 Å². The highest BCUT2D eigenvalue weighted by Crippen LogP contribution is 2.24. The van der Waals surface area contributed by atoms with Crippen LogP contribution in [0.25, 0.3) is 5.65 Å². The molecular formula is C20H22ClN5O2. The smallest absolute Gasteiger partial charge is 0.231 e. The van der Waals surface area contributed by atoms with E-state index in [9.17, 15) is 4.79 Å². The first kappa shape index (κ1) is 18.6. The van der Waals surface area contributed by atoms with E-state index < -0.39 is 0 Å². The number of anilines is 1. The summed E-state index contributed by atoms with van der Waals surface area (Å²) in [7, 11) is 1.63. The minimum atomic E-state index is -0.102. The molecule has 2 aromatic heterocycles. The van der Waals surface area contributed by atoms with Crippen LogP contribution in [0.15, 0.2) is 42.6 Å². The van der Waals surface area contributed by atoms with Gasteiger partial charge >= 0.3 is 0 Å². The van der Waals surface area contributed by atoms with Crippen molar-refractivity contribution >= 4 is 29.1 Å². The van der Waals surface area contributed by atoms with E-state index >= 15 is 0 Å². The van der Waals surface area contributed by atoms with Crippen LogP contribution >= 0.6 is 11.6 Å². The van der Waals surface area contributed by atoms with Crippen LogP contribution in [-0.2, 0) is 11.3 Å². The largest absolute Gasteiger partial charge is 0.496 e. The third kappa shape index (κ3) is 3.75. The lowest BCUT2D eigenvalue weighted by Gasteiger charge is -2.32. The fourth-order valence-corrected chi connectivity index (χ4v) is 3.78. The summed E-state index contributed by atoms with van der Waals surface area (Å²) in [4.78, 5) is 14.9. The number of methoxy groups -OCH3 is 1. The molecule has 1 N–H and O–H groups in total. The average molecular weight is 400 g/mol. The van der Waals surface area contributed by atoms with Gasteiger partial charge in [-0.2, -0.15) is 0 Å². The molecular weight excluding hydrogens is 378 g/mol. The van der Waals surface area contributed by atoms with Crippen molar-refractivity contribution < 1.29 is 9.53 Å². The highest BCUT2D eigenvalue weighted by molar-refractivity contribution is 6.30. The number of fused-ring (bicyclic) bond motifs is 1. The Bertz CT molecular complexity index is 990. The fraction of sp³-hybridized carbons (Fsp3) is 0.350. The maximum absolute atomic E-state index is 12.8. The monoisotopic (exact) mass is 399 g/mol. The van der Waals surface area contributed by atoms with Gasteiger partial charge in [0.25, 0.3) is 0 Å². The average Bonchev–Trinajstić information content (AvgIpc) is 3.15. The second-order valence-corrected chi connectivity index (χ2v) is 7.33. The van der Waals surface area contributed by atoms with Crippen LogP contribution < -0.4 is 15.0 Å². The van der Waals surface area contributed by atoms with Crippen LogP contribution in [0.4, 0.5) is 5.95 Å². The number of rotatable bonds is 5. The molecule has 7 nitrogen and oxygen atoms in total. The van der Waals surface area contributed by atoms with Gasteiger partial charge in [0.15, 0.2) is 5.65 Å². The Morgan fingerprint density at radius 1 is 1.29 bits per heavy atom. The van der Waals surface area contributed by atoms with Gasteiger partial charge in [-0.1, -0.05) is 29.8 Å². The summed E-state index contributed by atoms with van der Waals surface area (Å²) in [5, 5.41) is 12.2. The minimum absolute atomic E-state index is 0.0439. The predicted octanol–water partition coefficient (Wildman–Crippen LogP) is 2.92. The quantitative estimate of drug-likeness (QED) is 0.714. The number of nitrogens with one attached hydrogen (secondary N) is 1. The van der Waals surface area contributed by atoms with Gasteiger partial charge in [-0.25, -0.2) is 0 Å². The number of para-hydroxylation sites is 1. The summed E-state index contributed by atoms with van der Waals surface area (Å²) < 4.78 is 7.22. The number of piperidine rings is 1. The molecule has 1 aliphatic heterocycles.